The first-order chi connectivity index (χ1) is 12.1. The van der Waals surface area contributed by atoms with E-state index in [4.69, 9.17) is 15.2 Å². The molecule has 1 aromatic rings. The fourth-order valence-corrected chi connectivity index (χ4v) is 5.58. The van der Waals surface area contributed by atoms with Crippen LogP contribution in [-0.4, -0.2) is 25.7 Å². The summed E-state index contributed by atoms with van der Waals surface area (Å²) in [6.45, 7) is 0.710. The average molecular weight is 344 g/mol. The molecular weight excluding hydrogens is 316 g/mol. The molecule has 3 N–H and O–H groups in total. The number of carbonyl (C=O) groups excluding carboxylic acids is 1. The van der Waals surface area contributed by atoms with Crippen molar-refractivity contribution in [1.82, 2.24) is 5.32 Å². The number of hydrogen-bond donors (Lipinski definition) is 2. The average Bonchev–Trinajstić information content (AvgIpc) is 2.59. The van der Waals surface area contributed by atoms with Crippen molar-refractivity contribution >= 4 is 5.91 Å². The molecule has 4 aliphatic carbocycles. The van der Waals surface area contributed by atoms with Crippen molar-refractivity contribution in [2.75, 3.05) is 13.7 Å². The van der Waals surface area contributed by atoms with Gasteiger partial charge in [0.05, 0.1) is 7.11 Å². The van der Waals surface area contributed by atoms with E-state index >= 15 is 0 Å². The Morgan fingerprint density at radius 1 is 1.12 bits per heavy atom. The Bertz CT molecular complexity index is 618. The molecule has 0 radical (unpaired) electrons. The molecule has 0 saturated heterocycles. The molecule has 4 bridgehead atoms. The summed E-state index contributed by atoms with van der Waals surface area (Å²) in [5, 5.41) is 3.83. The van der Waals surface area contributed by atoms with Crippen molar-refractivity contribution in [3.05, 3.63) is 23.8 Å². The van der Waals surface area contributed by atoms with Crippen LogP contribution in [0.3, 0.4) is 0 Å². The second kappa shape index (κ2) is 6.87. The van der Waals surface area contributed by atoms with Gasteiger partial charge in [0.25, 0.3) is 5.91 Å². The maximum absolute atomic E-state index is 10.9. The fraction of sp³-hybridized carbons (Fsp3) is 0.650. The smallest absolute Gasteiger partial charge is 0.255 e. The van der Waals surface area contributed by atoms with Crippen LogP contribution < -0.4 is 20.5 Å². The van der Waals surface area contributed by atoms with Crippen LogP contribution in [0.15, 0.2) is 18.2 Å². The van der Waals surface area contributed by atoms with Crippen LogP contribution in [0.4, 0.5) is 0 Å². The van der Waals surface area contributed by atoms with E-state index < -0.39 is 5.91 Å². The molecule has 0 aromatic heterocycles. The van der Waals surface area contributed by atoms with E-state index in [9.17, 15) is 4.79 Å². The second-order valence-corrected chi connectivity index (χ2v) is 8.08. The Kier molecular flexibility index (Phi) is 4.59. The quantitative estimate of drug-likeness (QED) is 0.797. The Balaban J connectivity index is 1.38. The number of ether oxygens (including phenoxy) is 2. The van der Waals surface area contributed by atoms with E-state index in [1.165, 1.54) is 37.7 Å². The number of nitrogens with two attached hydrogens (primary N) is 1. The number of carbonyl (C=O) groups is 1. The van der Waals surface area contributed by atoms with Crippen LogP contribution >= 0.6 is 0 Å². The van der Waals surface area contributed by atoms with Crippen molar-refractivity contribution in [2.45, 2.75) is 44.7 Å². The first kappa shape index (κ1) is 16.7. The van der Waals surface area contributed by atoms with Crippen LogP contribution in [0, 0.1) is 23.7 Å². The SMILES string of the molecule is COc1cc(CNC2C3CC4CC(C3)CC2C4)ccc1OCC(N)=O. The van der Waals surface area contributed by atoms with Gasteiger partial charge in [0.15, 0.2) is 18.1 Å². The van der Waals surface area contributed by atoms with Crippen LogP contribution in [0.1, 0.15) is 37.7 Å². The van der Waals surface area contributed by atoms with Gasteiger partial charge in [0.2, 0.25) is 0 Å². The predicted octanol–water partition coefficient (Wildman–Crippen LogP) is 2.47. The molecule has 136 valence electrons. The molecule has 0 heterocycles. The molecule has 0 atom stereocenters. The number of methoxy groups -OCH3 is 1. The lowest BCUT2D eigenvalue weighted by Gasteiger charge is -2.54. The number of nitrogens with one attached hydrogen (secondary N) is 1. The minimum atomic E-state index is -0.491. The molecule has 5 rings (SSSR count). The second-order valence-electron chi connectivity index (χ2n) is 8.08. The normalized spacial score (nSPS) is 32.6. The van der Waals surface area contributed by atoms with Gasteiger partial charge >= 0.3 is 0 Å². The first-order valence-corrected chi connectivity index (χ1v) is 9.43. The minimum absolute atomic E-state index is 0.137. The highest BCUT2D eigenvalue weighted by Gasteiger charge is 2.47. The predicted molar refractivity (Wildman–Crippen MR) is 95.4 cm³/mol. The highest BCUT2D eigenvalue weighted by Crippen LogP contribution is 2.53. The van der Waals surface area contributed by atoms with Gasteiger partial charge in [0.1, 0.15) is 0 Å². The van der Waals surface area contributed by atoms with Crippen LogP contribution in [-0.2, 0) is 11.3 Å². The molecule has 4 aliphatic rings. The van der Waals surface area contributed by atoms with E-state index in [2.05, 4.69) is 5.32 Å². The summed E-state index contributed by atoms with van der Waals surface area (Å²) in [6, 6.07) is 6.54. The zero-order valence-electron chi connectivity index (χ0n) is 14.9. The van der Waals surface area contributed by atoms with E-state index in [0.29, 0.717) is 17.5 Å². The molecule has 0 spiro atoms. The summed E-state index contributed by atoms with van der Waals surface area (Å²) in [5.41, 5.74) is 6.31. The third kappa shape index (κ3) is 3.47. The summed E-state index contributed by atoms with van der Waals surface area (Å²) >= 11 is 0. The molecular formula is C20H28N2O3. The summed E-state index contributed by atoms with van der Waals surface area (Å²) in [6.07, 6.45) is 7.19. The largest absolute Gasteiger partial charge is 0.493 e. The number of rotatable bonds is 7. The highest BCUT2D eigenvalue weighted by molar-refractivity contribution is 5.75. The van der Waals surface area contributed by atoms with Crippen molar-refractivity contribution in [3.63, 3.8) is 0 Å². The lowest BCUT2D eigenvalue weighted by molar-refractivity contribution is -0.119. The zero-order chi connectivity index (χ0) is 17.4. The lowest BCUT2D eigenvalue weighted by Crippen LogP contribution is -2.54. The van der Waals surface area contributed by atoms with E-state index in [1.807, 2.05) is 18.2 Å². The number of benzene rings is 1. The van der Waals surface area contributed by atoms with Gasteiger partial charge in [-0.15, -0.1) is 0 Å². The van der Waals surface area contributed by atoms with Crippen molar-refractivity contribution in [1.29, 1.82) is 0 Å². The van der Waals surface area contributed by atoms with Gasteiger partial charge in [0, 0.05) is 12.6 Å². The summed E-state index contributed by atoms with van der Waals surface area (Å²) in [4.78, 5) is 10.9. The van der Waals surface area contributed by atoms with E-state index in [0.717, 1.165) is 30.2 Å². The highest BCUT2D eigenvalue weighted by atomic mass is 16.5. The third-order valence-electron chi connectivity index (χ3n) is 6.37. The molecule has 0 unspecified atom stereocenters. The Labute approximate surface area is 149 Å². The standard InChI is InChI=1S/C20H28N2O3/c1-24-18-9-12(2-3-17(18)25-11-19(21)23)10-22-20-15-5-13-4-14(7-15)8-16(20)6-13/h2-3,9,13-16,20,22H,4-8,10-11H2,1H3,(H2,21,23). The van der Waals surface area contributed by atoms with Crippen molar-refractivity contribution in [2.24, 2.45) is 29.4 Å². The molecule has 4 fully saturated rings. The monoisotopic (exact) mass is 344 g/mol. The molecule has 1 aromatic carbocycles. The Morgan fingerprint density at radius 2 is 1.80 bits per heavy atom. The summed E-state index contributed by atoms with van der Waals surface area (Å²) in [5.74, 6) is 4.46. The number of primary amides is 1. The van der Waals surface area contributed by atoms with Crippen LogP contribution in [0.25, 0.3) is 0 Å². The molecule has 0 aliphatic heterocycles. The molecule has 5 nitrogen and oxygen atoms in total. The van der Waals surface area contributed by atoms with Crippen LogP contribution in [0.2, 0.25) is 0 Å². The molecule has 4 saturated carbocycles. The van der Waals surface area contributed by atoms with Gasteiger partial charge in [-0.25, -0.2) is 0 Å². The van der Waals surface area contributed by atoms with E-state index in [1.54, 1.807) is 7.11 Å². The Morgan fingerprint density at radius 3 is 2.40 bits per heavy atom. The topological polar surface area (TPSA) is 73.6 Å². The Hall–Kier alpha value is -1.75. The molecule has 5 heteroatoms. The number of hydrogen-bond acceptors (Lipinski definition) is 4. The zero-order valence-corrected chi connectivity index (χ0v) is 14.9. The maximum Gasteiger partial charge on any atom is 0.255 e. The number of amides is 1. The van der Waals surface area contributed by atoms with Gasteiger partial charge in [-0.3, -0.25) is 4.79 Å². The molecule has 1 amide bonds. The van der Waals surface area contributed by atoms with Crippen molar-refractivity contribution in [3.8, 4) is 11.5 Å². The maximum atomic E-state index is 10.9. The molecule has 25 heavy (non-hydrogen) atoms. The summed E-state index contributed by atoms with van der Waals surface area (Å²) < 4.78 is 10.8. The fourth-order valence-electron chi connectivity index (χ4n) is 5.58. The van der Waals surface area contributed by atoms with Gasteiger partial charge in [-0.1, -0.05) is 6.07 Å². The summed E-state index contributed by atoms with van der Waals surface area (Å²) in [7, 11) is 1.61. The van der Waals surface area contributed by atoms with E-state index in [-0.39, 0.29) is 6.61 Å². The van der Waals surface area contributed by atoms with Gasteiger partial charge in [-0.05, 0) is 73.5 Å². The minimum Gasteiger partial charge on any atom is -0.493 e. The first-order valence-electron chi connectivity index (χ1n) is 9.43. The van der Waals surface area contributed by atoms with Crippen molar-refractivity contribution < 1.29 is 14.3 Å². The van der Waals surface area contributed by atoms with Gasteiger partial charge in [-0.2, -0.15) is 0 Å². The van der Waals surface area contributed by atoms with Gasteiger partial charge < -0.3 is 20.5 Å². The van der Waals surface area contributed by atoms with Crippen LogP contribution in [0.5, 0.6) is 11.5 Å². The third-order valence-corrected chi connectivity index (χ3v) is 6.37. The lowest BCUT2D eigenvalue weighted by atomic mass is 9.54.